The van der Waals surface area contributed by atoms with E-state index in [0.29, 0.717) is 18.4 Å². The molecule has 0 saturated carbocycles. The van der Waals surface area contributed by atoms with Crippen LogP contribution in [0.25, 0.3) is 0 Å². The Hall–Kier alpha value is -1.56. The molecule has 0 radical (unpaired) electrons. The van der Waals surface area contributed by atoms with Gasteiger partial charge < -0.3 is 5.11 Å². The Labute approximate surface area is 115 Å². The van der Waals surface area contributed by atoms with E-state index in [-0.39, 0.29) is 6.54 Å². The van der Waals surface area contributed by atoms with Gasteiger partial charge in [-0.05, 0) is 24.0 Å². The van der Waals surface area contributed by atoms with Crippen molar-refractivity contribution in [2.45, 2.75) is 44.9 Å². The Kier molecular flexibility index (Phi) is 4.81. The highest BCUT2D eigenvalue weighted by atomic mass is 19.4. The third-order valence-electron chi connectivity index (χ3n) is 3.29. The fourth-order valence-electron chi connectivity index (χ4n) is 1.60. The molecular weight excluding hydrogens is 271 g/mol. The van der Waals surface area contributed by atoms with E-state index in [1.807, 2.05) is 26.0 Å². The van der Waals surface area contributed by atoms with Crippen molar-refractivity contribution in [3.8, 4) is 0 Å². The molecule has 2 N–H and O–H groups in total. The highest BCUT2D eigenvalue weighted by molar-refractivity contribution is 5.79. The van der Waals surface area contributed by atoms with Gasteiger partial charge in [-0.3, -0.25) is 5.32 Å². The molecule has 20 heavy (non-hydrogen) atoms. The van der Waals surface area contributed by atoms with Crippen molar-refractivity contribution in [1.29, 1.82) is 0 Å². The summed E-state index contributed by atoms with van der Waals surface area (Å²) in [6, 6.07) is 7.04. The molecule has 0 fully saturated rings. The van der Waals surface area contributed by atoms with Crippen LogP contribution in [0.15, 0.2) is 24.3 Å². The number of aliphatic carboxylic acids is 1. The van der Waals surface area contributed by atoms with Crippen LogP contribution in [0.4, 0.5) is 13.2 Å². The van der Waals surface area contributed by atoms with E-state index >= 15 is 0 Å². The molecule has 0 aliphatic carbocycles. The first kappa shape index (κ1) is 16.5. The van der Waals surface area contributed by atoms with Gasteiger partial charge in [0.15, 0.2) is 0 Å². The summed E-state index contributed by atoms with van der Waals surface area (Å²) < 4.78 is 38.4. The number of rotatable bonds is 5. The van der Waals surface area contributed by atoms with E-state index in [1.165, 1.54) is 0 Å². The molecule has 1 unspecified atom stereocenters. The Morgan fingerprint density at radius 1 is 1.25 bits per heavy atom. The highest BCUT2D eigenvalue weighted by Crippen LogP contribution is 2.30. The minimum atomic E-state index is -4.86. The van der Waals surface area contributed by atoms with E-state index < -0.39 is 17.7 Å². The maximum absolute atomic E-state index is 12.8. The molecule has 0 heterocycles. The summed E-state index contributed by atoms with van der Waals surface area (Å²) in [5.74, 6) is -1.61. The van der Waals surface area contributed by atoms with Crippen LogP contribution < -0.4 is 5.32 Å². The van der Waals surface area contributed by atoms with Crippen LogP contribution in [-0.2, 0) is 11.3 Å². The SMILES string of the molecule is CC(C)c1ccc(CNC(C)(C(=O)O)C(F)(F)F)cc1. The Balaban J connectivity index is 2.81. The van der Waals surface area contributed by atoms with Crippen LogP contribution in [0.5, 0.6) is 0 Å². The molecule has 0 aliphatic rings. The van der Waals surface area contributed by atoms with Gasteiger partial charge in [-0.25, -0.2) is 4.79 Å². The summed E-state index contributed by atoms with van der Waals surface area (Å²) in [6.07, 6.45) is -4.86. The molecule has 112 valence electrons. The maximum Gasteiger partial charge on any atom is 0.417 e. The highest BCUT2D eigenvalue weighted by Gasteiger charge is 2.57. The second kappa shape index (κ2) is 5.83. The molecule has 1 rings (SSSR count). The summed E-state index contributed by atoms with van der Waals surface area (Å²) in [5.41, 5.74) is -1.28. The lowest BCUT2D eigenvalue weighted by Gasteiger charge is -2.28. The van der Waals surface area contributed by atoms with Crippen LogP contribution in [0.2, 0.25) is 0 Å². The van der Waals surface area contributed by atoms with E-state index in [2.05, 4.69) is 5.32 Å². The first-order chi connectivity index (χ1) is 9.08. The topological polar surface area (TPSA) is 49.3 Å². The first-order valence-electron chi connectivity index (χ1n) is 6.22. The normalized spacial score (nSPS) is 15.2. The van der Waals surface area contributed by atoms with Crippen molar-refractivity contribution in [2.24, 2.45) is 0 Å². The molecule has 3 nitrogen and oxygen atoms in total. The summed E-state index contributed by atoms with van der Waals surface area (Å²) in [4.78, 5) is 10.9. The molecule has 0 saturated heterocycles. The van der Waals surface area contributed by atoms with Crippen molar-refractivity contribution in [2.75, 3.05) is 0 Å². The number of carboxylic acids is 1. The Morgan fingerprint density at radius 3 is 2.10 bits per heavy atom. The number of halogens is 3. The van der Waals surface area contributed by atoms with Crippen molar-refractivity contribution in [3.05, 3.63) is 35.4 Å². The minimum absolute atomic E-state index is 0.166. The average molecular weight is 289 g/mol. The van der Waals surface area contributed by atoms with Crippen molar-refractivity contribution < 1.29 is 23.1 Å². The Morgan fingerprint density at radius 2 is 1.75 bits per heavy atom. The molecule has 1 atom stereocenters. The number of benzene rings is 1. The van der Waals surface area contributed by atoms with Crippen molar-refractivity contribution in [3.63, 3.8) is 0 Å². The van der Waals surface area contributed by atoms with E-state index in [9.17, 15) is 18.0 Å². The quantitative estimate of drug-likeness (QED) is 0.874. The van der Waals surface area contributed by atoms with Crippen LogP contribution in [0.1, 0.15) is 37.8 Å². The average Bonchev–Trinajstić information content (AvgIpc) is 2.34. The number of nitrogens with one attached hydrogen (secondary N) is 1. The predicted octanol–water partition coefficient (Wildman–Crippen LogP) is 3.31. The van der Waals surface area contributed by atoms with Gasteiger partial charge in [-0.15, -0.1) is 0 Å². The molecule has 0 amide bonds. The summed E-state index contributed by atoms with van der Waals surface area (Å²) in [6.45, 7) is 4.48. The zero-order chi connectivity index (χ0) is 15.6. The lowest BCUT2D eigenvalue weighted by atomic mass is 9.99. The van der Waals surface area contributed by atoms with Crippen molar-refractivity contribution >= 4 is 5.97 Å². The largest absolute Gasteiger partial charge is 0.480 e. The molecule has 0 spiro atoms. The Bertz CT molecular complexity index is 468. The molecule has 6 heteroatoms. The summed E-state index contributed by atoms with van der Waals surface area (Å²) >= 11 is 0. The second-order valence-corrected chi connectivity index (χ2v) is 5.18. The lowest BCUT2D eigenvalue weighted by molar-refractivity contribution is -0.206. The third-order valence-corrected chi connectivity index (χ3v) is 3.29. The molecule has 0 bridgehead atoms. The maximum atomic E-state index is 12.8. The number of alkyl halides is 3. The van der Waals surface area contributed by atoms with E-state index in [1.54, 1.807) is 12.1 Å². The van der Waals surface area contributed by atoms with Crippen molar-refractivity contribution in [1.82, 2.24) is 5.32 Å². The number of hydrogen-bond donors (Lipinski definition) is 2. The number of carboxylic acid groups (broad SMARTS) is 1. The minimum Gasteiger partial charge on any atom is -0.480 e. The van der Waals surface area contributed by atoms with Crippen LogP contribution >= 0.6 is 0 Å². The van der Waals surface area contributed by atoms with E-state index in [0.717, 1.165) is 5.56 Å². The third kappa shape index (κ3) is 3.50. The second-order valence-electron chi connectivity index (χ2n) is 5.18. The van der Waals surface area contributed by atoms with Gasteiger partial charge in [0.25, 0.3) is 0 Å². The number of carbonyl (C=O) groups is 1. The molecular formula is C14H18F3NO2. The molecule has 0 aliphatic heterocycles. The van der Waals surface area contributed by atoms with Gasteiger partial charge >= 0.3 is 12.1 Å². The van der Waals surface area contributed by atoms with E-state index in [4.69, 9.17) is 5.11 Å². The zero-order valence-corrected chi connectivity index (χ0v) is 11.6. The number of hydrogen-bond acceptors (Lipinski definition) is 2. The fraction of sp³-hybridized carbons (Fsp3) is 0.500. The standard InChI is InChI=1S/C14H18F3NO2/c1-9(2)11-6-4-10(5-7-11)8-18-13(3,12(19)20)14(15,16)17/h4-7,9,18H,8H2,1-3H3,(H,19,20). The van der Waals surface area contributed by atoms with Gasteiger partial charge in [0, 0.05) is 6.54 Å². The van der Waals surface area contributed by atoms with Gasteiger partial charge in [0.05, 0.1) is 0 Å². The first-order valence-corrected chi connectivity index (χ1v) is 6.22. The lowest BCUT2D eigenvalue weighted by Crippen LogP contribution is -2.59. The van der Waals surface area contributed by atoms with Crippen LogP contribution in [-0.4, -0.2) is 22.8 Å². The molecule has 1 aromatic carbocycles. The van der Waals surface area contributed by atoms with Gasteiger partial charge in [-0.1, -0.05) is 38.1 Å². The zero-order valence-electron chi connectivity index (χ0n) is 11.6. The smallest absolute Gasteiger partial charge is 0.417 e. The van der Waals surface area contributed by atoms with Gasteiger partial charge in [-0.2, -0.15) is 13.2 Å². The predicted molar refractivity (Wildman–Crippen MR) is 69.5 cm³/mol. The fourth-order valence-corrected chi connectivity index (χ4v) is 1.60. The van der Waals surface area contributed by atoms with Crippen LogP contribution in [0.3, 0.4) is 0 Å². The molecule has 0 aromatic heterocycles. The van der Waals surface area contributed by atoms with Crippen LogP contribution in [0, 0.1) is 0 Å². The summed E-state index contributed by atoms with van der Waals surface area (Å²) in [5, 5.41) is 10.9. The molecule has 1 aromatic rings. The summed E-state index contributed by atoms with van der Waals surface area (Å²) in [7, 11) is 0. The van der Waals surface area contributed by atoms with Gasteiger partial charge in [0.2, 0.25) is 5.54 Å². The van der Waals surface area contributed by atoms with Gasteiger partial charge in [0.1, 0.15) is 0 Å². The monoisotopic (exact) mass is 289 g/mol.